The zero-order chi connectivity index (χ0) is 20.2. The van der Waals surface area contributed by atoms with Gasteiger partial charge in [-0.1, -0.05) is 53.3 Å². The van der Waals surface area contributed by atoms with Gasteiger partial charge in [0, 0.05) is 29.0 Å². The largest absolute Gasteiger partial charge is 0.356 e. The molecule has 29 heavy (non-hydrogen) atoms. The van der Waals surface area contributed by atoms with E-state index in [1.54, 1.807) is 12.1 Å². The van der Waals surface area contributed by atoms with Gasteiger partial charge in [-0.3, -0.25) is 4.57 Å². The van der Waals surface area contributed by atoms with Crippen molar-refractivity contribution in [3.05, 3.63) is 84.3 Å². The van der Waals surface area contributed by atoms with Crippen LogP contribution < -0.4 is 0 Å². The molecule has 4 rings (SSSR count). The van der Waals surface area contributed by atoms with Crippen LogP contribution in [0.5, 0.6) is 0 Å². The minimum absolute atomic E-state index is 0.280. The number of thioether (sulfide) groups is 1. The normalized spacial score (nSPS) is 11.0. The lowest BCUT2D eigenvalue weighted by molar-refractivity contribution is 0.426. The highest BCUT2D eigenvalue weighted by atomic mass is 32.2. The maximum atomic E-state index is 13.2. The van der Waals surface area contributed by atoms with Crippen LogP contribution in [0.25, 0.3) is 22.7 Å². The van der Waals surface area contributed by atoms with E-state index in [9.17, 15) is 4.39 Å². The van der Waals surface area contributed by atoms with Gasteiger partial charge in [0.15, 0.2) is 16.7 Å². The van der Waals surface area contributed by atoms with Crippen molar-refractivity contribution in [2.24, 2.45) is 0 Å². The van der Waals surface area contributed by atoms with Gasteiger partial charge in [0.25, 0.3) is 0 Å². The molecule has 5 nitrogen and oxygen atoms in total. The van der Waals surface area contributed by atoms with E-state index in [1.165, 1.54) is 23.9 Å². The molecule has 0 amide bonds. The Morgan fingerprint density at radius 3 is 2.55 bits per heavy atom. The molecule has 2 aromatic carbocycles. The zero-order valence-corrected chi connectivity index (χ0v) is 16.7. The second-order valence-electron chi connectivity index (χ2n) is 6.45. The molecule has 0 aliphatic carbocycles. The summed E-state index contributed by atoms with van der Waals surface area (Å²) in [6.07, 6.45) is 1.83. The number of rotatable bonds is 7. The first kappa shape index (κ1) is 19.1. The summed E-state index contributed by atoms with van der Waals surface area (Å²) in [6, 6.07) is 16.1. The number of aromatic nitrogens is 4. The fourth-order valence-electron chi connectivity index (χ4n) is 3.00. The molecular weight excluding hydrogens is 387 g/mol. The number of nitrogens with zero attached hydrogens (tertiary/aromatic N) is 4. The predicted molar refractivity (Wildman–Crippen MR) is 112 cm³/mol. The number of allylic oxidation sites excluding steroid dienone is 1. The minimum atomic E-state index is -0.280. The standard InChI is InChI=1S/C22H19FN4OS/c1-3-13-27-21(17-7-5-4-6-8-17)24-25-22(27)29-14-19-15(2)20(28-26-19)16-9-11-18(23)12-10-16/h3-12H,1,13-14H2,2H3. The van der Waals surface area contributed by atoms with Crippen molar-refractivity contribution in [1.29, 1.82) is 0 Å². The summed E-state index contributed by atoms with van der Waals surface area (Å²) in [5.41, 5.74) is 3.56. The Bertz CT molecular complexity index is 1120. The van der Waals surface area contributed by atoms with Gasteiger partial charge < -0.3 is 4.52 Å². The predicted octanol–water partition coefficient (Wildman–Crippen LogP) is 5.53. The molecule has 7 heteroatoms. The molecule has 0 atom stereocenters. The molecule has 2 heterocycles. The Kier molecular flexibility index (Phi) is 5.57. The van der Waals surface area contributed by atoms with Crippen LogP contribution in [0, 0.1) is 12.7 Å². The maximum absolute atomic E-state index is 13.2. The van der Waals surface area contributed by atoms with Crippen molar-refractivity contribution in [1.82, 2.24) is 19.9 Å². The van der Waals surface area contributed by atoms with E-state index in [1.807, 2.05) is 47.9 Å². The van der Waals surface area contributed by atoms with Crippen molar-refractivity contribution in [2.45, 2.75) is 24.4 Å². The lowest BCUT2D eigenvalue weighted by Gasteiger charge is -2.07. The van der Waals surface area contributed by atoms with Crippen LogP contribution in [0.15, 0.2) is 76.9 Å². The Morgan fingerprint density at radius 1 is 1.07 bits per heavy atom. The molecule has 2 aromatic heterocycles. The third-order valence-corrected chi connectivity index (χ3v) is 5.50. The van der Waals surface area contributed by atoms with E-state index < -0.39 is 0 Å². The summed E-state index contributed by atoms with van der Waals surface area (Å²) in [6.45, 7) is 6.41. The summed E-state index contributed by atoms with van der Waals surface area (Å²) < 4.78 is 20.7. The Balaban J connectivity index is 1.56. The molecule has 4 aromatic rings. The fraction of sp³-hybridized carbons (Fsp3) is 0.136. The van der Waals surface area contributed by atoms with Crippen LogP contribution in [0.3, 0.4) is 0 Å². The van der Waals surface area contributed by atoms with Gasteiger partial charge in [0.1, 0.15) is 5.82 Å². The summed E-state index contributed by atoms with van der Waals surface area (Å²) in [5, 5.41) is 13.7. The highest BCUT2D eigenvalue weighted by Gasteiger charge is 2.17. The van der Waals surface area contributed by atoms with Crippen LogP contribution in [0.2, 0.25) is 0 Å². The third kappa shape index (κ3) is 4.00. The molecule has 0 aliphatic heterocycles. The number of benzene rings is 2. The maximum Gasteiger partial charge on any atom is 0.192 e. The van der Waals surface area contributed by atoms with Crippen molar-refractivity contribution in [3.8, 4) is 22.7 Å². The van der Waals surface area contributed by atoms with E-state index in [-0.39, 0.29) is 5.82 Å². The first-order valence-corrected chi connectivity index (χ1v) is 10.1. The van der Waals surface area contributed by atoms with Crippen LogP contribution >= 0.6 is 11.8 Å². The number of hydrogen-bond donors (Lipinski definition) is 0. The molecular formula is C22H19FN4OS. The molecule has 0 fully saturated rings. The van der Waals surface area contributed by atoms with Crippen LogP contribution in [-0.2, 0) is 12.3 Å². The Labute approximate surface area is 172 Å². The lowest BCUT2D eigenvalue weighted by atomic mass is 10.1. The highest BCUT2D eigenvalue weighted by Crippen LogP contribution is 2.31. The lowest BCUT2D eigenvalue weighted by Crippen LogP contribution is -2.00. The van der Waals surface area contributed by atoms with E-state index >= 15 is 0 Å². The van der Waals surface area contributed by atoms with Crippen LogP contribution in [0.1, 0.15) is 11.3 Å². The SMILES string of the molecule is C=CCn1c(SCc2noc(-c3ccc(F)cc3)c2C)nnc1-c1ccccc1. The van der Waals surface area contributed by atoms with E-state index in [4.69, 9.17) is 4.52 Å². The molecule has 0 unspecified atom stereocenters. The molecule has 0 saturated carbocycles. The second kappa shape index (κ2) is 8.45. The molecule has 0 aliphatic rings. The summed E-state index contributed by atoms with van der Waals surface area (Å²) in [4.78, 5) is 0. The molecule has 0 saturated heterocycles. The van der Waals surface area contributed by atoms with Gasteiger partial charge in [0.2, 0.25) is 0 Å². The average Bonchev–Trinajstić information content (AvgIpc) is 3.31. The highest BCUT2D eigenvalue weighted by molar-refractivity contribution is 7.98. The van der Waals surface area contributed by atoms with Gasteiger partial charge in [-0.25, -0.2) is 4.39 Å². The van der Waals surface area contributed by atoms with Crippen LogP contribution in [-0.4, -0.2) is 19.9 Å². The first-order chi connectivity index (χ1) is 14.2. The number of hydrogen-bond acceptors (Lipinski definition) is 5. The summed E-state index contributed by atoms with van der Waals surface area (Å²) >= 11 is 1.54. The smallest absolute Gasteiger partial charge is 0.192 e. The van der Waals surface area contributed by atoms with E-state index in [0.717, 1.165) is 33.4 Å². The van der Waals surface area contributed by atoms with E-state index in [0.29, 0.717) is 18.1 Å². The quantitative estimate of drug-likeness (QED) is 0.298. The molecule has 0 radical (unpaired) electrons. The fourth-order valence-corrected chi connectivity index (χ4v) is 3.95. The molecule has 0 bridgehead atoms. The topological polar surface area (TPSA) is 56.7 Å². The average molecular weight is 406 g/mol. The van der Waals surface area contributed by atoms with Gasteiger partial charge in [-0.05, 0) is 31.2 Å². The Hall–Kier alpha value is -3.19. The monoisotopic (exact) mass is 406 g/mol. The first-order valence-electron chi connectivity index (χ1n) is 9.10. The van der Waals surface area contributed by atoms with Gasteiger partial charge in [-0.15, -0.1) is 16.8 Å². The van der Waals surface area contributed by atoms with Gasteiger partial charge in [0.05, 0.1) is 5.69 Å². The minimum Gasteiger partial charge on any atom is -0.356 e. The van der Waals surface area contributed by atoms with Gasteiger partial charge >= 0.3 is 0 Å². The Morgan fingerprint density at radius 2 is 1.83 bits per heavy atom. The molecule has 0 N–H and O–H groups in total. The third-order valence-electron chi connectivity index (χ3n) is 4.53. The van der Waals surface area contributed by atoms with Crippen LogP contribution in [0.4, 0.5) is 4.39 Å². The number of halogens is 1. The van der Waals surface area contributed by atoms with Crippen molar-refractivity contribution in [2.75, 3.05) is 0 Å². The molecule has 146 valence electrons. The summed E-state index contributed by atoms with van der Waals surface area (Å²) in [7, 11) is 0. The second-order valence-corrected chi connectivity index (χ2v) is 7.39. The van der Waals surface area contributed by atoms with E-state index in [2.05, 4.69) is 21.9 Å². The van der Waals surface area contributed by atoms with Crippen molar-refractivity contribution in [3.63, 3.8) is 0 Å². The summed E-state index contributed by atoms with van der Waals surface area (Å²) in [5.74, 6) is 1.76. The molecule has 0 spiro atoms. The van der Waals surface area contributed by atoms with Gasteiger partial charge in [-0.2, -0.15) is 0 Å². The zero-order valence-electron chi connectivity index (χ0n) is 15.9. The van der Waals surface area contributed by atoms with Crippen molar-refractivity contribution < 1.29 is 8.91 Å². The van der Waals surface area contributed by atoms with Crippen molar-refractivity contribution >= 4 is 11.8 Å².